The Bertz CT molecular complexity index is 617. The fourth-order valence-corrected chi connectivity index (χ4v) is 4.75. The number of hydrogen-bond donors (Lipinski definition) is 0. The summed E-state index contributed by atoms with van der Waals surface area (Å²) >= 11 is 5.94. The fourth-order valence-electron chi connectivity index (χ4n) is 2.85. The number of alkyl halides is 1. The molecule has 0 radical (unpaired) electrons. The van der Waals surface area contributed by atoms with Crippen molar-refractivity contribution < 1.29 is 8.42 Å². The van der Waals surface area contributed by atoms with Crippen molar-refractivity contribution in [3.05, 3.63) is 18.0 Å². The topological polar surface area (TPSA) is 42.3 Å². The summed E-state index contributed by atoms with van der Waals surface area (Å²) in [4.78, 5) is 0.401. The van der Waals surface area contributed by atoms with Gasteiger partial charge in [0.2, 0.25) is 10.0 Å². The number of nitrogens with zero attached hydrogens (tertiary/aromatic N) is 2. The molecule has 0 N–H and O–H groups in total. The van der Waals surface area contributed by atoms with Crippen LogP contribution in [0.3, 0.4) is 0 Å². The lowest BCUT2D eigenvalue weighted by Crippen LogP contribution is -2.30. The van der Waals surface area contributed by atoms with Crippen molar-refractivity contribution in [2.24, 2.45) is 5.41 Å². The van der Waals surface area contributed by atoms with Gasteiger partial charge in [0.25, 0.3) is 0 Å². The highest BCUT2D eigenvalue weighted by Gasteiger charge is 2.38. The van der Waals surface area contributed by atoms with Crippen LogP contribution < -0.4 is 0 Å². The van der Waals surface area contributed by atoms with Crippen LogP contribution in [0.25, 0.3) is 0 Å². The zero-order chi connectivity index (χ0) is 14.5. The molecule has 1 aromatic rings. The van der Waals surface area contributed by atoms with Crippen LogP contribution in [-0.2, 0) is 15.9 Å². The molecule has 20 heavy (non-hydrogen) atoms. The number of rotatable bonds is 4. The minimum Gasteiger partial charge on any atom is -0.346 e. The predicted octanol–water partition coefficient (Wildman–Crippen LogP) is 2.98. The minimum absolute atomic E-state index is 0.0709. The predicted molar refractivity (Wildman–Crippen MR) is 79.4 cm³/mol. The third kappa shape index (κ3) is 2.51. The third-order valence-corrected chi connectivity index (χ3v) is 6.35. The van der Waals surface area contributed by atoms with Crippen molar-refractivity contribution in [2.75, 3.05) is 13.1 Å². The van der Waals surface area contributed by atoms with E-state index in [-0.39, 0.29) is 5.41 Å². The van der Waals surface area contributed by atoms with Gasteiger partial charge in [0, 0.05) is 31.0 Å². The first-order valence-corrected chi connectivity index (χ1v) is 9.08. The monoisotopic (exact) mass is 316 g/mol. The van der Waals surface area contributed by atoms with Crippen molar-refractivity contribution in [2.45, 2.75) is 49.9 Å². The van der Waals surface area contributed by atoms with Gasteiger partial charge in [-0.15, -0.1) is 11.6 Å². The SMILES string of the molecule is CC1(C)CCN(S(=O)(=O)c2cc(CCl)n(C3CC3)c2)C1. The van der Waals surface area contributed by atoms with E-state index < -0.39 is 10.0 Å². The highest BCUT2D eigenvalue weighted by atomic mass is 35.5. The van der Waals surface area contributed by atoms with Crippen LogP contribution in [0.4, 0.5) is 0 Å². The normalized spacial score (nSPS) is 23.4. The van der Waals surface area contributed by atoms with E-state index in [1.165, 1.54) is 0 Å². The van der Waals surface area contributed by atoms with E-state index in [1.807, 2.05) is 4.57 Å². The second kappa shape index (κ2) is 4.75. The molecule has 3 rings (SSSR count). The van der Waals surface area contributed by atoms with Crippen molar-refractivity contribution >= 4 is 21.6 Å². The largest absolute Gasteiger partial charge is 0.346 e. The fraction of sp³-hybridized carbons (Fsp3) is 0.714. The first kappa shape index (κ1) is 14.4. The Morgan fingerprint density at radius 1 is 1.40 bits per heavy atom. The number of halogens is 1. The van der Waals surface area contributed by atoms with Crippen molar-refractivity contribution in [1.82, 2.24) is 8.87 Å². The lowest BCUT2D eigenvalue weighted by atomic mass is 9.93. The van der Waals surface area contributed by atoms with Crippen molar-refractivity contribution in [3.8, 4) is 0 Å². The van der Waals surface area contributed by atoms with Crippen LogP contribution >= 0.6 is 11.6 Å². The molecule has 112 valence electrons. The first-order chi connectivity index (χ1) is 9.33. The van der Waals surface area contributed by atoms with E-state index in [0.717, 1.165) is 25.0 Å². The Kier molecular flexibility index (Phi) is 3.42. The van der Waals surface area contributed by atoms with Gasteiger partial charge >= 0.3 is 0 Å². The number of aromatic nitrogens is 1. The van der Waals surface area contributed by atoms with E-state index in [9.17, 15) is 8.42 Å². The summed E-state index contributed by atoms with van der Waals surface area (Å²) in [5.41, 5.74) is 0.979. The van der Waals surface area contributed by atoms with Gasteiger partial charge in [0.15, 0.2) is 0 Å². The van der Waals surface area contributed by atoms with Gasteiger partial charge in [-0.25, -0.2) is 8.42 Å². The van der Waals surface area contributed by atoms with Gasteiger partial charge in [-0.1, -0.05) is 13.8 Å². The van der Waals surface area contributed by atoms with Gasteiger partial charge in [-0.2, -0.15) is 4.31 Å². The Morgan fingerprint density at radius 3 is 2.60 bits per heavy atom. The van der Waals surface area contributed by atoms with Crippen LogP contribution in [0.5, 0.6) is 0 Å². The van der Waals surface area contributed by atoms with Crippen LogP contribution in [0.15, 0.2) is 17.2 Å². The van der Waals surface area contributed by atoms with Crippen molar-refractivity contribution in [3.63, 3.8) is 0 Å². The molecule has 0 unspecified atom stereocenters. The van der Waals surface area contributed by atoms with Crippen LogP contribution in [0.2, 0.25) is 0 Å². The minimum atomic E-state index is -3.37. The molecule has 1 saturated heterocycles. The molecule has 1 aliphatic carbocycles. The molecule has 2 heterocycles. The van der Waals surface area contributed by atoms with Crippen molar-refractivity contribution in [1.29, 1.82) is 0 Å². The highest BCUT2D eigenvalue weighted by molar-refractivity contribution is 7.89. The van der Waals surface area contributed by atoms with E-state index in [4.69, 9.17) is 11.6 Å². The van der Waals surface area contributed by atoms with E-state index in [2.05, 4.69) is 13.8 Å². The molecule has 0 bridgehead atoms. The summed E-state index contributed by atoms with van der Waals surface area (Å²) in [5, 5.41) is 0. The summed E-state index contributed by atoms with van der Waals surface area (Å²) in [6.45, 7) is 5.43. The van der Waals surface area contributed by atoms with E-state index in [1.54, 1.807) is 16.6 Å². The summed E-state index contributed by atoms with van der Waals surface area (Å²) in [5.74, 6) is 0.359. The average molecular weight is 317 g/mol. The Morgan fingerprint density at radius 2 is 2.10 bits per heavy atom. The van der Waals surface area contributed by atoms with Gasteiger partial charge in [0.1, 0.15) is 4.90 Å². The quantitative estimate of drug-likeness (QED) is 0.801. The molecule has 0 atom stereocenters. The van der Waals surface area contributed by atoms with Crippen LogP contribution in [-0.4, -0.2) is 30.4 Å². The molecule has 1 aromatic heterocycles. The highest BCUT2D eigenvalue weighted by Crippen LogP contribution is 2.39. The second-order valence-corrected chi connectivity index (χ2v) is 8.90. The van der Waals surface area contributed by atoms with Crippen LogP contribution in [0, 0.1) is 5.41 Å². The summed E-state index contributed by atoms with van der Waals surface area (Å²) in [6.07, 6.45) is 4.93. The van der Waals surface area contributed by atoms with E-state index in [0.29, 0.717) is 29.9 Å². The molecule has 1 aliphatic heterocycles. The molecule has 4 nitrogen and oxygen atoms in total. The molecule has 1 saturated carbocycles. The third-order valence-electron chi connectivity index (χ3n) is 4.26. The zero-order valence-corrected chi connectivity index (χ0v) is 13.5. The van der Waals surface area contributed by atoms with E-state index >= 15 is 0 Å². The summed E-state index contributed by atoms with van der Waals surface area (Å²) in [6, 6.07) is 2.19. The summed E-state index contributed by atoms with van der Waals surface area (Å²) < 4.78 is 29.1. The van der Waals surface area contributed by atoms with Gasteiger partial charge in [0.05, 0.1) is 5.88 Å². The second-order valence-electron chi connectivity index (χ2n) is 6.69. The number of hydrogen-bond acceptors (Lipinski definition) is 2. The Labute approximate surface area is 125 Å². The molecule has 2 aliphatic rings. The number of sulfonamides is 1. The smallest absolute Gasteiger partial charge is 0.244 e. The molecule has 2 fully saturated rings. The van der Waals surface area contributed by atoms with Gasteiger partial charge in [-0.3, -0.25) is 0 Å². The molecule has 0 amide bonds. The maximum Gasteiger partial charge on any atom is 0.244 e. The Balaban J connectivity index is 1.91. The lowest BCUT2D eigenvalue weighted by molar-refractivity contribution is 0.375. The standard InChI is InChI=1S/C14H21ClN2O2S/c1-14(2)5-6-16(10-14)20(18,19)13-7-12(8-15)17(9-13)11-3-4-11/h7,9,11H,3-6,8,10H2,1-2H3. The maximum atomic E-state index is 12.7. The average Bonchev–Trinajstić information content (AvgIpc) is 3.01. The lowest BCUT2D eigenvalue weighted by Gasteiger charge is -2.19. The molecular formula is C14H21ClN2O2S. The molecule has 0 spiro atoms. The Hall–Kier alpha value is -0.520. The van der Waals surface area contributed by atoms with Crippen LogP contribution in [0.1, 0.15) is 44.8 Å². The maximum absolute atomic E-state index is 12.7. The summed E-state index contributed by atoms with van der Waals surface area (Å²) in [7, 11) is -3.37. The molecular weight excluding hydrogens is 296 g/mol. The zero-order valence-electron chi connectivity index (χ0n) is 12.0. The van der Waals surface area contributed by atoms with Gasteiger partial charge < -0.3 is 4.57 Å². The van der Waals surface area contributed by atoms with Gasteiger partial charge in [-0.05, 0) is 30.7 Å². The first-order valence-electron chi connectivity index (χ1n) is 7.10. The molecule has 0 aromatic carbocycles. The molecule has 6 heteroatoms.